The van der Waals surface area contributed by atoms with Crippen LogP contribution in [-0.2, 0) is 6.42 Å². The van der Waals surface area contributed by atoms with Gasteiger partial charge in [0.1, 0.15) is 0 Å². The second-order valence-electron chi connectivity index (χ2n) is 7.14. The molecule has 0 fully saturated rings. The van der Waals surface area contributed by atoms with Crippen LogP contribution in [0.1, 0.15) is 63.4 Å². The predicted molar refractivity (Wildman–Crippen MR) is 73.7 cm³/mol. The minimum absolute atomic E-state index is 0.00217. The Hall–Kier alpha value is -1.25. The van der Waals surface area contributed by atoms with Gasteiger partial charge < -0.3 is 0 Å². The molecule has 18 heavy (non-hydrogen) atoms. The van der Waals surface area contributed by atoms with Crippen molar-refractivity contribution in [2.24, 2.45) is 10.8 Å². The van der Waals surface area contributed by atoms with Crippen molar-refractivity contribution >= 4 is 5.78 Å². The van der Waals surface area contributed by atoms with E-state index in [1.807, 2.05) is 27.7 Å². The number of aryl methyl sites for hydroxylation is 1. The van der Waals surface area contributed by atoms with Gasteiger partial charge in [-0.3, -0.25) is 4.79 Å². The first-order chi connectivity index (χ1) is 8.00. The van der Waals surface area contributed by atoms with Crippen LogP contribution in [0.5, 0.6) is 0 Å². The Morgan fingerprint density at radius 2 is 1.72 bits per heavy atom. The molecule has 0 spiro atoms. The van der Waals surface area contributed by atoms with Gasteiger partial charge in [-0.05, 0) is 24.3 Å². The summed E-state index contributed by atoms with van der Waals surface area (Å²) in [5.74, 6) is 0.338. The standard InChI is InChI=1S/C15H24N2O/c1-10-9-16-13(12(18)15(5,6)7)17-11(10)8-14(2,3)4/h9H,8H2,1-7H3. The monoisotopic (exact) mass is 248 g/mol. The molecule has 3 heteroatoms. The molecule has 0 atom stereocenters. The fourth-order valence-corrected chi connectivity index (χ4v) is 1.60. The Kier molecular flexibility index (Phi) is 3.94. The van der Waals surface area contributed by atoms with Crippen molar-refractivity contribution in [3.8, 4) is 0 Å². The van der Waals surface area contributed by atoms with E-state index in [0.29, 0.717) is 5.82 Å². The largest absolute Gasteiger partial charge is 0.290 e. The maximum atomic E-state index is 12.2. The van der Waals surface area contributed by atoms with Gasteiger partial charge in [-0.1, -0.05) is 41.5 Å². The molecule has 1 rings (SSSR count). The molecule has 0 unspecified atom stereocenters. The van der Waals surface area contributed by atoms with Gasteiger partial charge >= 0.3 is 0 Å². The van der Waals surface area contributed by atoms with E-state index >= 15 is 0 Å². The van der Waals surface area contributed by atoms with Crippen molar-refractivity contribution in [3.05, 3.63) is 23.3 Å². The van der Waals surface area contributed by atoms with Crippen LogP contribution in [0.15, 0.2) is 6.20 Å². The fourth-order valence-electron chi connectivity index (χ4n) is 1.60. The van der Waals surface area contributed by atoms with E-state index < -0.39 is 5.41 Å². The molecule has 0 aromatic carbocycles. The van der Waals surface area contributed by atoms with Gasteiger partial charge in [0.15, 0.2) is 5.82 Å². The van der Waals surface area contributed by atoms with Gasteiger partial charge in [-0.2, -0.15) is 0 Å². The zero-order valence-corrected chi connectivity index (χ0v) is 12.6. The lowest BCUT2D eigenvalue weighted by molar-refractivity contribution is 0.0846. The lowest BCUT2D eigenvalue weighted by Crippen LogP contribution is -2.24. The first-order valence-electron chi connectivity index (χ1n) is 6.38. The average molecular weight is 248 g/mol. The van der Waals surface area contributed by atoms with E-state index in [2.05, 4.69) is 30.7 Å². The highest BCUT2D eigenvalue weighted by molar-refractivity contribution is 5.96. The molecular weight excluding hydrogens is 224 g/mol. The SMILES string of the molecule is Cc1cnc(C(=O)C(C)(C)C)nc1CC(C)(C)C. The smallest absolute Gasteiger partial charge is 0.205 e. The molecule has 0 amide bonds. The van der Waals surface area contributed by atoms with Crippen LogP contribution >= 0.6 is 0 Å². The summed E-state index contributed by atoms with van der Waals surface area (Å²) >= 11 is 0. The molecule has 0 aliphatic rings. The normalized spacial score (nSPS) is 12.6. The maximum Gasteiger partial charge on any atom is 0.205 e. The third-order valence-electron chi connectivity index (χ3n) is 2.66. The van der Waals surface area contributed by atoms with Gasteiger partial charge in [0.05, 0.1) is 0 Å². The molecule has 0 N–H and O–H groups in total. The van der Waals surface area contributed by atoms with Crippen molar-refractivity contribution < 1.29 is 4.79 Å². The fraction of sp³-hybridized carbons (Fsp3) is 0.667. The first kappa shape index (κ1) is 14.8. The van der Waals surface area contributed by atoms with E-state index in [4.69, 9.17) is 0 Å². The second kappa shape index (κ2) is 4.79. The van der Waals surface area contributed by atoms with Crippen LogP contribution in [0, 0.1) is 17.8 Å². The maximum absolute atomic E-state index is 12.2. The summed E-state index contributed by atoms with van der Waals surface area (Å²) in [7, 11) is 0. The predicted octanol–water partition coefficient (Wildman–Crippen LogP) is 3.60. The molecular formula is C15H24N2O. The molecule has 0 saturated heterocycles. The number of hydrogen-bond donors (Lipinski definition) is 0. The van der Waals surface area contributed by atoms with Crippen LogP contribution in [0.4, 0.5) is 0 Å². The molecule has 1 aromatic rings. The zero-order chi connectivity index (χ0) is 14.1. The van der Waals surface area contributed by atoms with Gasteiger partial charge in [0.25, 0.3) is 0 Å². The molecule has 0 aliphatic heterocycles. The number of hydrogen-bond acceptors (Lipinski definition) is 3. The van der Waals surface area contributed by atoms with E-state index in [1.165, 1.54) is 0 Å². The quantitative estimate of drug-likeness (QED) is 0.751. The summed E-state index contributed by atoms with van der Waals surface area (Å²) in [5, 5.41) is 0. The molecule has 1 aromatic heterocycles. The molecule has 3 nitrogen and oxygen atoms in total. The molecule has 0 bridgehead atoms. The lowest BCUT2D eigenvalue weighted by Gasteiger charge is -2.20. The topological polar surface area (TPSA) is 42.9 Å². The number of ketones is 1. The highest BCUT2D eigenvalue weighted by atomic mass is 16.1. The van der Waals surface area contributed by atoms with Crippen LogP contribution in [0.2, 0.25) is 0 Å². The van der Waals surface area contributed by atoms with Crippen LogP contribution in [-0.4, -0.2) is 15.8 Å². The number of rotatable bonds is 2. The Labute approximate surface area is 110 Å². The van der Waals surface area contributed by atoms with Crippen molar-refractivity contribution in [1.82, 2.24) is 9.97 Å². The van der Waals surface area contributed by atoms with Crippen molar-refractivity contribution in [2.75, 3.05) is 0 Å². The highest BCUT2D eigenvalue weighted by Crippen LogP contribution is 2.23. The van der Waals surface area contributed by atoms with Crippen molar-refractivity contribution in [1.29, 1.82) is 0 Å². The Morgan fingerprint density at radius 3 is 2.17 bits per heavy atom. The zero-order valence-electron chi connectivity index (χ0n) is 12.6. The van der Waals surface area contributed by atoms with Crippen LogP contribution < -0.4 is 0 Å². The summed E-state index contributed by atoms with van der Waals surface area (Å²) in [5.41, 5.74) is 1.75. The van der Waals surface area contributed by atoms with E-state index in [-0.39, 0.29) is 11.2 Å². The molecule has 0 radical (unpaired) electrons. The summed E-state index contributed by atoms with van der Waals surface area (Å²) in [4.78, 5) is 20.8. The van der Waals surface area contributed by atoms with Gasteiger partial charge in [0, 0.05) is 17.3 Å². The minimum atomic E-state index is -0.436. The van der Waals surface area contributed by atoms with E-state index in [9.17, 15) is 4.79 Å². The number of Topliss-reactive ketones (excluding diaryl/α,β-unsaturated/α-hetero) is 1. The first-order valence-corrected chi connectivity index (χ1v) is 6.38. The molecule has 0 aliphatic carbocycles. The molecule has 0 saturated carbocycles. The summed E-state index contributed by atoms with van der Waals surface area (Å²) in [6, 6.07) is 0. The highest BCUT2D eigenvalue weighted by Gasteiger charge is 2.26. The van der Waals surface area contributed by atoms with E-state index in [0.717, 1.165) is 17.7 Å². The van der Waals surface area contributed by atoms with Gasteiger partial charge in [-0.25, -0.2) is 9.97 Å². The molecule has 1 heterocycles. The van der Waals surface area contributed by atoms with Gasteiger partial charge in [0.2, 0.25) is 5.78 Å². The average Bonchev–Trinajstić information content (AvgIpc) is 2.17. The van der Waals surface area contributed by atoms with Crippen molar-refractivity contribution in [2.45, 2.75) is 54.9 Å². The Morgan fingerprint density at radius 1 is 1.17 bits per heavy atom. The van der Waals surface area contributed by atoms with Gasteiger partial charge in [-0.15, -0.1) is 0 Å². The number of aromatic nitrogens is 2. The van der Waals surface area contributed by atoms with E-state index in [1.54, 1.807) is 6.20 Å². The number of carbonyl (C=O) groups is 1. The summed E-state index contributed by atoms with van der Waals surface area (Å²) in [6.45, 7) is 14.2. The third kappa shape index (κ3) is 3.90. The van der Waals surface area contributed by atoms with Crippen molar-refractivity contribution in [3.63, 3.8) is 0 Å². The Balaban J connectivity index is 3.13. The van der Waals surface area contributed by atoms with Crippen LogP contribution in [0.3, 0.4) is 0 Å². The molecule has 100 valence electrons. The van der Waals surface area contributed by atoms with Crippen LogP contribution in [0.25, 0.3) is 0 Å². The third-order valence-corrected chi connectivity index (χ3v) is 2.66. The number of nitrogens with zero attached hydrogens (tertiary/aromatic N) is 2. The Bertz CT molecular complexity index is 451. The summed E-state index contributed by atoms with van der Waals surface area (Å²) < 4.78 is 0. The minimum Gasteiger partial charge on any atom is -0.290 e. The summed E-state index contributed by atoms with van der Waals surface area (Å²) in [6.07, 6.45) is 2.61. The number of carbonyl (C=O) groups excluding carboxylic acids is 1. The lowest BCUT2D eigenvalue weighted by atomic mass is 9.88. The second-order valence-corrected chi connectivity index (χ2v) is 7.14.